The Morgan fingerprint density at radius 1 is 1.42 bits per heavy atom. The summed E-state index contributed by atoms with van der Waals surface area (Å²) in [5, 5.41) is 13.8. The van der Waals surface area contributed by atoms with Crippen LogP contribution in [-0.4, -0.2) is 30.4 Å². The van der Waals surface area contributed by atoms with Crippen LogP contribution in [0.15, 0.2) is 24.3 Å². The maximum atomic E-state index is 9.89. The summed E-state index contributed by atoms with van der Waals surface area (Å²) in [6.07, 6.45) is 3.44. The molecule has 1 fully saturated rings. The van der Waals surface area contributed by atoms with Gasteiger partial charge in [-0.1, -0.05) is 30.2 Å². The second-order valence-electron chi connectivity index (χ2n) is 5.28. The molecule has 1 saturated carbocycles. The zero-order valence-electron chi connectivity index (χ0n) is 11.3. The summed E-state index contributed by atoms with van der Waals surface area (Å²) in [5.41, 5.74) is 0. The lowest BCUT2D eigenvalue weighted by Crippen LogP contribution is -2.42. The fourth-order valence-corrected chi connectivity index (χ4v) is 2.43. The van der Waals surface area contributed by atoms with Gasteiger partial charge in [0.1, 0.15) is 18.5 Å². The van der Waals surface area contributed by atoms with Crippen molar-refractivity contribution in [2.24, 2.45) is 5.92 Å². The van der Waals surface area contributed by atoms with Crippen molar-refractivity contribution < 1.29 is 9.84 Å². The molecule has 1 aliphatic carbocycles. The summed E-state index contributed by atoms with van der Waals surface area (Å²) >= 11 is 5.98. The van der Waals surface area contributed by atoms with Gasteiger partial charge in [-0.15, -0.1) is 0 Å². The lowest BCUT2D eigenvalue weighted by atomic mass is 9.80. The van der Waals surface area contributed by atoms with Crippen molar-refractivity contribution in [1.29, 1.82) is 0 Å². The molecule has 3 nitrogen and oxygen atoms in total. The van der Waals surface area contributed by atoms with Gasteiger partial charge in [-0.25, -0.2) is 0 Å². The lowest BCUT2D eigenvalue weighted by molar-refractivity contribution is 0.0982. The average Bonchev–Trinajstić information content (AvgIpc) is 2.33. The minimum atomic E-state index is -0.515. The fourth-order valence-electron chi connectivity index (χ4n) is 2.24. The normalized spacial score (nSPS) is 18.7. The topological polar surface area (TPSA) is 41.5 Å². The van der Waals surface area contributed by atoms with Crippen molar-refractivity contribution in [2.45, 2.75) is 38.3 Å². The van der Waals surface area contributed by atoms with E-state index in [0.29, 0.717) is 23.4 Å². The first-order valence-corrected chi connectivity index (χ1v) is 7.33. The van der Waals surface area contributed by atoms with Crippen LogP contribution in [0.1, 0.15) is 26.2 Å². The van der Waals surface area contributed by atoms with Crippen LogP contribution in [0, 0.1) is 5.92 Å². The van der Waals surface area contributed by atoms with E-state index in [1.165, 1.54) is 19.3 Å². The van der Waals surface area contributed by atoms with Crippen molar-refractivity contribution >= 4 is 11.6 Å². The lowest BCUT2D eigenvalue weighted by Gasteiger charge is -2.32. The Morgan fingerprint density at radius 3 is 2.79 bits per heavy atom. The summed E-state index contributed by atoms with van der Waals surface area (Å²) in [7, 11) is 0. The number of rotatable bonds is 7. The Balaban J connectivity index is 1.66. The van der Waals surface area contributed by atoms with Gasteiger partial charge < -0.3 is 15.2 Å². The minimum Gasteiger partial charge on any atom is -0.489 e. The van der Waals surface area contributed by atoms with Crippen molar-refractivity contribution in [3.05, 3.63) is 29.3 Å². The number of nitrogens with one attached hydrogen (secondary N) is 1. The van der Waals surface area contributed by atoms with Gasteiger partial charge in [0, 0.05) is 12.6 Å². The molecular formula is C15H22ClNO2. The minimum absolute atomic E-state index is 0.258. The Morgan fingerprint density at radius 2 is 2.16 bits per heavy atom. The molecule has 0 spiro atoms. The van der Waals surface area contributed by atoms with Crippen molar-refractivity contribution in [3.8, 4) is 5.75 Å². The van der Waals surface area contributed by atoms with E-state index >= 15 is 0 Å². The van der Waals surface area contributed by atoms with Crippen LogP contribution in [0.5, 0.6) is 5.75 Å². The molecule has 2 rings (SSSR count). The van der Waals surface area contributed by atoms with Gasteiger partial charge in [0.15, 0.2) is 0 Å². The first-order valence-electron chi connectivity index (χ1n) is 6.95. The molecule has 1 aromatic carbocycles. The first kappa shape index (κ1) is 14.6. The largest absolute Gasteiger partial charge is 0.489 e. The molecule has 0 amide bonds. The standard InChI is InChI=1S/C15H22ClNO2/c1-11(12-5-4-6-12)17-9-13(18)10-19-15-8-3-2-7-14(15)16/h2-3,7-8,11-13,17-18H,4-6,9-10H2,1H3. The molecule has 1 aliphatic rings. The van der Waals surface area contributed by atoms with E-state index in [2.05, 4.69) is 12.2 Å². The van der Waals surface area contributed by atoms with Gasteiger partial charge in [0.05, 0.1) is 5.02 Å². The smallest absolute Gasteiger partial charge is 0.138 e. The molecule has 4 heteroatoms. The van der Waals surface area contributed by atoms with E-state index in [1.54, 1.807) is 12.1 Å². The predicted molar refractivity (Wildman–Crippen MR) is 77.8 cm³/mol. The summed E-state index contributed by atoms with van der Waals surface area (Å²) in [6.45, 7) is 3.00. The second-order valence-corrected chi connectivity index (χ2v) is 5.69. The monoisotopic (exact) mass is 283 g/mol. The van der Waals surface area contributed by atoms with Crippen LogP contribution < -0.4 is 10.1 Å². The molecule has 106 valence electrons. The summed E-state index contributed by atoms with van der Waals surface area (Å²) in [6, 6.07) is 7.78. The number of ether oxygens (including phenoxy) is 1. The van der Waals surface area contributed by atoms with E-state index < -0.39 is 6.10 Å². The molecular weight excluding hydrogens is 262 g/mol. The van der Waals surface area contributed by atoms with E-state index in [1.807, 2.05) is 12.1 Å². The van der Waals surface area contributed by atoms with Gasteiger partial charge in [-0.05, 0) is 37.8 Å². The van der Waals surface area contributed by atoms with E-state index in [4.69, 9.17) is 16.3 Å². The highest BCUT2D eigenvalue weighted by Gasteiger charge is 2.23. The van der Waals surface area contributed by atoms with Crippen LogP contribution in [0.2, 0.25) is 5.02 Å². The number of para-hydroxylation sites is 1. The number of hydrogen-bond acceptors (Lipinski definition) is 3. The van der Waals surface area contributed by atoms with Gasteiger partial charge in [-0.2, -0.15) is 0 Å². The molecule has 2 N–H and O–H groups in total. The maximum absolute atomic E-state index is 9.89. The molecule has 0 aromatic heterocycles. The summed E-state index contributed by atoms with van der Waals surface area (Å²) in [5.74, 6) is 1.40. The highest BCUT2D eigenvalue weighted by Crippen LogP contribution is 2.29. The Bertz CT molecular complexity index is 395. The number of halogens is 1. The number of aliphatic hydroxyl groups is 1. The maximum Gasteiger partial charge on any atom is 0.138 e. The van der Waals surface area contributed by atoms with Crippen LogP contribution in [-0.2, 0) is 0 Å². The molecule has 1 aromatic rings. The van der Waals surface area contributed by atoms with Crippen LogP contribution in [0.4, 0.5) is 0 Å². The third-order valence-electron chi connectivity index (χ3n) is 3.80. The Kier molecular flexibility index (Phi) is 5.49. The van der Waals surface area contributed by atoms with Gasteiger partial charge in [0.2, 0.25) is 0 Å². The molecule has 0 bridgehead atoms. The Hall–Kier alpha value is -0.770. The van der Waals surface area contributed by atoms with E-state index in [-0.39, 0.29) is 6.61 Å². The van der Waals surface area contributed by atoms with Crippen molar-refractivity contribution in [2.75, 3.05) is 13.2 Å². The molecule has 19 heavy (non-hydrogen) atoms. The van der Waals surface area contributed by atoms with Gasteiger partial charge in [0.25, 0.3) is 0 Å². The number of hydrogen-bond donors (Lipinski definition) is 2. The van der Waals surface area contributed by atoms with Gasteiger partial charge >= 0.3 is 0 Å². The number of aliphatic hydroxyl groups excluding tert-OH is 1. The third-order valence-corrected chi connectivity index (χ3v) is 4.11. The van der Waals surface area contributed by atoms with Gasteiger partial charge in [-0.3, -0.25) is 0 Å². The third kappa shape index (κ3) is 4.37. The van der Waals surface area contributed by atoms with Crippen LogP contribution in [0.25, 0.3) is 0 Å². The molecule has 0 aliphatic heterocycles. The highest BCUT2D eigenvalue weighted by molar-refractivity contribution is 6.32. The molecule has 2 atom stereocenters. The average molecular weight is 284 g/mol. The van der Waals surface area contributed by atoms with E-state index in [0.717, 1.165) is 5.92 Å². The fraction of sp³-hybridized carbons (Fsp3) is 0.600. The van der Waals surface area contributed by atoms with Crippen LogP contribution >= 0.6 is 11.6 Å². The Labute approximate surface area is 119 Å². The summed E-state index contributed by atoms with van der Waals surface area (Å²) < 4.78 is 5.51. The SMILES string of the molecule is CC(NCC(O)COc1ccccc1Cl)C1CCC1. The zero-order chi connectivity index (χ0) is 13.7. The molecule has 0 heterocycles. The quantitative estimate of drug-likeness (QED) is 0.808. The first-order chi connectivity index (χ1) is 9.16. The number of benzene rings is 1. The second kappa shape index (κ2) is 7.13. The summed E-state index contributed by atoms with van der Waals surface area (Å²) in [4.78, 5) is 0. The molecule has 0 saturated heterocycles. The highest BCUT2D eigenvalue weighted by atomic mass is 35.5. The molecule has 2 unspecified atom stereocenters. The van der Waals surface area contributed by atoms with Crippen molar-refractivity contribution in [1.82, 2.24) is 5.32 Å². The predicted octanol–water partition coefficient (Wildman–Crippen LogP) is 2.86. The van der Waals surface area contributed by atoms with E-state index in [9.17, 15) is 5.11 Å². The molecule has 0 radical (unpaired) electrons. The van der Waals surface area contributed by atoms with Crippen molar-refractivity contribution in [3.63, 3.8) is 0 Å². The zero-order valence-corrected chi connectivity index (χ0v) is 12.1. The van der Waals surface area contributed by atoms with Crippen LogP contribution in [0.3, 0.4) is 0 Å².